The standard InChI is InChI=1S/C15H19ClN2O/c16-13-6-5-12(7-14(13)17)15(19)18(8-10-1-2-10)9-11-3-4-11/h5-7,10-11H,1-4,8-9,17H2. The van der Waals surface area contributed by atoms with Gasteiger partial charge >= 0.3 is 0 Å². The maximum atomic E-state index is 12.6. The van der Waals surface area contributed by atoms with Crippen LogP contribution >= 0.6 is 11.6 Å². The molecule has 0 atom stereocenters. The van der Waals surface area contributed by atoms with Crippen LogP contribution in [0, 0.1) is 11.8 Å². The number of nitrogens with zero attached hydrogens (tertiary/aromatic N) is 1. The maximum Gasteiger partial charge on any atom is 0.253 e. The lowest BCUT2D eigenvalue weighted by Crippen LogP contribution is -2.34. The lowest BCUT2D eigenvalue weighted by molar-refractivity contribution is 0.0739. The van der Waals surface area contributed by atoms with Crippen LogP contribution in [0.2, 0.25) is 5.02 Å². The summed E-state index contributed by atoms with van der Waals surface area (Å²) in [6.45, 7) is 1.80. The second kappa shape index (κ2) is 5.04. The molecule has 3 nitrogen and oxygen atoms in total. The predicted octanol–water partition coefficient (Wildman–Crippen LogP) is 3.18. The summed E-state index contributed by atoms with van der Waals surface area (Å²) in [7, 11) is 0. The van der Waals surface area contributed by atoms with Gasteiger partial charge in [-0.1, -0.05) is 11.6 Å². The molecule has 0 heterocycles. The number of carbonyl (C=O) groups excluding carboxylic acids is 1. The van der Waals surface area contributed by atoms with Crippen LogP contribution in [0.25, 0.3) is 0 Å². The van der Waals surface area contributed by atoms with Gasteiger partial charge in [-0.2, -0.15) is 0 Å². The SMILES string of the molecule is Nc1cc(C(=O)N(CC2CC2)CC2CC2)ccc1Cl. The zero-order chi connectivity index (χ0) is 13.4. The minimum Gasteiger partial charge on any atom is -0.398 e. The average molecular weight is 279 g/mol. The quantitative estimate of drug-likeness (QED) is 0.841. The molecule has 102 valence electrons. The maximum absolute atomic E-state index is 12.6. The highest BCUT2D eigenvalue weighted by Crippen LogP contribution is 2.34. The second-order valence-electron chi connectivity index (χ2n) is 5.83. The largest absolute Gasteiger partial charge is 0.398 e. The van der Waals surface area contributed by atoms with E-state index in [1.54, 1.807) is 18.2 Å². The molecule has 2 aliphatic rings. The van der Waals surface area contributed by atoms with Gasteiger partial charge in [-0.3, -0.25) is 4.79 Å². The van der Waals surface area contributed by atoms with Gasteiger partial charge in [0, 0.05) is 18.7 Å². The van der Waals surface area contributed by atoms with Crippen molar-refractivity contribution in [3.8, 4) is 0 Å². The van der Waals surface area contributed by atoms with Gasteiger partial charge in [0.15, 0.2) is 0 Å². The molecule has 2 saturated carbocycles. The van der Waals surface area contributed by atoms with E-state index < -0.39 is 0 Å². The minimum atomic E-state index is 0.0992. The summed E-state index contributed by atoms with van der Waals surface area (Å²) in [5, 5.41) is 0.507. The topological polar surface area (TPSA) is 46.3 Å². The van der Waals surface area contributed by atoms with Crippen molar-refractivity contribution in [3.05, 3.63) is 28.8 Å². The average Bonchev–Trinajstić information content (AvgIpc) is 3.26. The molecule has 0 radical (unpaired) electrons. The molecule has 1 aromatic rings. The minimum absolute atomic E-state index is 0.0992. The highest BCUT2D eigenvalue weighted by atomic mass is 35.5. The van der Waals surface area contributed by atoms with Crippen molar-refractivity contribution in [1.29, 1.82) is 0 Å². The molecule has 0 bridgehead atoms. The fraction of sp³-hybridized carbons (Fsp3) is 0.533. The Bertz CT molecular complexity index is 481. The molecule has 2 N–H and O–H groups in total. The van der Waals surface area contributed by atoms with E-state index in [1.165, 1.54) is 25.7 Å². The predicted molar refractivity (Wildman–Crippen MR) is 77.2 cm³/mol. The third kappa shape index (κ3) is 3.21. The molecule has 2 aliphatic carbocycles. The van der Waals surface area contributed by atoms with E-state index in [2.05, 4.69) is 0 Å². The number of hydrogen-bond acceptors (Lipinski definition) is 2. The summed E-state index contributed by atoms with van der Waals surface area (Å²) in [5.41, 5.74) is 6.92. The van der Waals surface area contributed by atoms with Gasteiger partial charge in [-0.15, -0.1) is 0 Å². The molecule has 0 unspecified atom stereocenters. The molecule has 0 aromatic heterocycles. The molecular weight excluding hydrogens is 260 g/mol. The number of nitrogens with two attached hydrogens (primary N) is 1. The van der Waals surface area contributed by atoms with Gasteiger partial charge < -0.3 is 10.6 Å². The summed E-state index contributed by atoms with van der Waals surface area (Å²) in [5.74, 6) is 1.53. The van der Waals surface area contributed by atoms with Crippen LogP contribution in [0.3, 0.4) is 0 Å². The Balaban J connectivity index is 1.74. The first-order valence-corrected chi connectivity index (χ1v) is 7.35. The fourth-order valence-corrected chi connectivity index (χ4v) is 2.44. The van der Waals surface area contributed by atoms with Crippen LogP contribution in [0.1, 0.15) is 36.0 Å². The van der Waals surface area contributed by atoms with Crippen molar-refractivity contribution in [2.75, 3.05) is 18.8 Å². The highest BCUT2D eigenvalue weighted by Gasteiger charge is 2.31. The van der Waals surface area contributed by atoms with E-state index in [4.69, 9.17) is 17.3 Å². The summed E-state index contributed by atoms with van der Waals surface area (Å²) < 4.78 is 0. The lowest BCUT2D eigenvalue weighted by atomic mass is 10.1. The van der Waals surface area contributed by atoms with Crippen molar-refractivity contribution in [3.63, 3.8) is 0 Å². The van der Waals surface area contributed by atoms with Crippen molar-refractivity contribution in [1.82, 2.24) is 4.90 Å². The van der Waals surface area contributed by atoms with Crippen LogP contribution in [-0.2, 0) is 0 Å². The molecule has 1 aromatic carbocycles. The van der Waals surface area contributed by atoms with Crippen LogP contribution in [-0.4, -0.2) is 23.9 Å². The number of anilines is 1. The first-order valence-electron chi connectivity index (χ1n) is 6.98. The Morgan fingerprint density at radius 3 is 2.26 bits per heavy atom. The third-order valence-corrected chi connectivity index (χ3v) is 4.23. The van der Waals surface area contributed by atoms with Gasteiger partial charge in [0.25, 0.3) is 5.91 Å². The monoisotopic (exact) mass is 278 g/mol. The van der Waals surface area contributed by atoms with Gasteiger partial charge in [0.1, 0.15) is 0 Å². The van der Waals surface area contributed by atoms with E-state index in [0.717, 1.165) is 13.1 Å². The van der Waals surface area contributed by atoms with Gasteiger partial charge in [0.05, 0.1) is 10.7 Å². The van der Waals surface area contributed by atoms with E-state index in [9.17, 15) is 4.79 Å². The van der Waals surface area contributed by atoms with Crippen molar-refractivity contribution < 1.29 is 4.79 Å². The van der Waals surface area contributed by atoms with Gasteiger partial charge in [-0.05, 0) is 55.7 Å². The zero-order valence-corrected chi connectivity index (χ0v) is 11.7. The molecule has 19 heavy (non-hydrogen) atoms. The van der Waals surface area contributed by atoms with Crippen molar-refractivity contribution in [2.45, 2.75) is 25.7 Å². The third-order valence-electron chi connectivity index (χ3n) is 3.88. The normalized spacial score (nSPS) is 18.4. The van der Waals surface area contributed by atoms with Gasteiger partial charge in [-0.25, -0.2) is 0 Å². The number of rotatable bonds is 5. The Kier molecular flexibility index (Phi) is 3.40. The van der Waals surface area contributed by atoms with E-state index in [-0.39, 0.29) is 5.91 Å². The van der Waals surface area contributed by atoms with Gasteiger partial charge in [0.2, 0.25) is 0 Å². The van der Waals surface area contributed by atoms with Crippen LogP contribution in [0.4, 0.5) is 5.69 Å². The molecule has 0 spiro atoms. The smallest absolute Gasteiger partial charge is 0.253 e. The molecule has 3 rings (SSSR count). The molecule has 4 heteroatoms. The Morgan fingerprint density at radius 2 is 1.79 bits per heavy atom. The highest BCUT2D eigenvalue weighted by molar-refractivity contribution is 6.33. The van der Waals surface area contributed by atoms with E-state index in [0.29, 0.717) is 28.1 Å². The number of hydrogen-bond donors (Lipinski definition) is 1. The Labute approximate surface area is 118 Å². The Morgan fingerprint density at radius 1 is 1.21 bits per heavy atom. The summed E-state index contributed by atoms with van der Waals surface area (Å²) in [4.78, 5) is 14.6. The summed E-state index contributed by atoms with van der Waals surface area (Å²) >= 11 is 5.90. The zero-order valence-electron chi connectivity index (χ0n) is 10.9. The lowest BCUT2D eigenvalue weighted by Gasteiger charge is -2.23. The molecule has 1 amide bonds. The van der Waals surface area contributed by atoms with Crippen LogP contribution in [0.15, 0.2) is 18.2 Å². The van der Waals surface area contributed by atoms with E-state index >= 15 is 0 Å². The first kappa shape index (κ1) is 12.8. The van der Waals surface area contributed by atoms with E-state index in [1.807, 2.05) is 4.90 Å². The second-order valence-corrected chi connectivity index (χ2v) is 6.24. The number of amides is 1. The van der Waals surface area contributed by atoms with Crippen LogP contribution in [0.5, 0.6) is 0 Å². The van der Waals surface area contributed by atoms with Crippen molar-refractivity contribution >= 4 is 23.2 Å². The molecular formula is C15H19ClN2O. The first-order chi connectivity index (χ1) is 9.13. The number of benzene rings is 1. The number of nitrogen functional groups attached to an aromatic ring is 1. The van der Waals surface area contributed by atoms with Crippen LogP contribution < -0.4 is 5.73 Å². The Hall–Kier alpha value is -1.22. The fourth-order valence-electron chi connectivity index (χ4n) is 2.32. The number of carbonyl (C=O) groups is 1. The molecule has 2 fully saturated rings. The molecule has 0 aliphatic heterocycles. The van der Waals surface area contributed by atoms with Crippen molar-refractivity contribution in [2.24, 2.45) is 11.8 Å². The number of halogens is 1. The summed E-state index contributed by atoms with van der Waals surface area (Å²) in [6.07, 6.45) is 5.04. The summed E-state index contributed by atoms with van der Waals surface area (Å²) in [6, 6.07) is 5.17. The molecule has 0 saturated heterocycles.